The van der Waals surface area contributed by atoms with E-state index < -0.39 is 11.7 Å². The van der Waals surface area contributed by atoms with Crippen LogP contribution in [0.2, 0.25) is 0 Å². The summed E-state index contributed by atoms with van der Waals surface area (Å²) in [6, 6.07) is 8.96. The highest BCUT2D eigenvalue weighted by atomic mass is 79.9. The zero-order chi connectivity index (χ0) is 19.4. The Morgan fingerprint density at radius 3 is 2.63 bits per heavy atom. The van der Waals surface area contributed by atoms with Crippen LogP contribution in [0.4, 0.5) is 10.1 Å². The fourth-order valence-corrected chi connectivity index (χ4v) is 3.07. The Kier molecular flexibility index (Phi) is 5.95. The third-order valence-electron chi connectivity index (χ3n) is 3.99. The molecule has 0 saturated heterocycles. The van der Waals surface area contributed by atoms with Crippen molar-refractivity contribution >= 4 is 33.4 Å². The molecule has 0 fully saturated rings. The Morgan fingerprint density at radius 1 is 1.15 bits per heavy atom. The monoisotopic (exact) mass is 436 g/mol. The standard InChI is InChI=1S/C19H18BrFN2O4/c1-2-23(19(25)14-9-12(21)3-5-15(14)20)11-18(24)22-13-4-6-16-17(10-13)27-8-7-26-16/h3-6,9-10H,2,7-8,11H2,1H3,(H,22,24). The highest BCUT2D eigenvalue weighted by Crippen LogP contribution is 2.32. The van der Waals surface area contributed by atoms with Gasteiger partial charge in [-0.1, -0.05) is 0 Å². The summed E-state index contributed by atoms with van der Waals surface area (Å²) < 4.78 is 24.9. The second-order valence-corrected chi connectivity index (χ2v) is 6.70. The molecule has 2 amide bonds. The van der Waals surface area contributed by atoms with Crippen molar-refractivity contribution in [3.8, 4) is 11.5 Å². The summed E-state index contributed by atoms with van der Waals surface area (Å²) in [5.41, 5.74) is 0.712. The topological polar surface area (TPSA) is 67.9 Å². The molecule has 2 aromatic rings. The van der Waals surface area contributed by atoms with Crippen LogP contribution in [0, 0.1) is 5.82 Å². The van der Waals surface area contributed by atoms with E-state index in [1.165, 1.54) is 17.0 Å². The molecule has 0 radical (unpaired) electrons. The first-order valence-electron chi connectivity index (χ1n) is 8.41. The van der Waals surface area contributed by atoms with Crippen LogP contribution in [-0.2, 0) is 4.79 Å². The molecule has 0 aromatic heterocycles. The van der Waals surface area contributed by atoms with E-state index in [2.05, 4.69) is 21.2 Å². The maximum atomic E-state index is 13.5. The minimum Gasteiger partial charge on any atom is -0.486 e. The molecule has 1 heterocycles. The smallest absolute Gasteiger partial charge is 0.255 e. The van der Waals surface area contributed by atoms with E-state index in [9.17, 15) is 14.0 Å². The lowest BCUT2D eigenvalue weighted by Crippen LogP contribution is -2.38. The number of fused-ring (bicyclic) bond motifs is 1. The number of nitrogens with zero attached hydrogens (tertiary/aromatic N) is 1. The summed E-state index contributed by atoms with van der Waals surface area (Å²) in [6.07, 6.45) is 0. The number of anilines is 1. The second-order valence-electron chi connectivity index (χ2n) is 5.85. The van der Waals surface area contributed by atoms with Gasteiger partial charge in [-0.2, -0.15) is 0 Å². The van der Waals surface area contributed by atoms with Gasteiger partial charge >= 0.3 is 0 Å². The van der Waals surface area contributed by atoms with E-state index in [-0.39, 0.29) is 18.0 Å². The van der Waals surface area contributed by atoms with Crippen LogP contribution in [0.25, 0.3) is 0 Å². The molecule has 0 unspecified atom stereocenters. The van der Waals surface area contributed by atoms with Gasteiger partial charge in [-0.15, -0.1) is 0 Å². The van der Waals surface area contributed by atoms with Crippen molar-refractivity contribution in [2.75, 3.05) is 31.6 Å². The number of amides is 2. The molecule has 2 aromatic carbocycles. The number of carbonyl (C=O) groups is 2. The number of halogens is 2. The van der Waals surface area contributed by atoms with Crippen molar-refractivity contribution < 1.29 is 23.5 Å². The average molecular weight is 437 g/mol. The number of hydrogen-bond acceptors (Lipinski definition) is 4. The van der Waals surface area contributed by atoms with Crippen LogP contribution in [-0.4, -0.2) is 43.0 Å². The molecular formula is C19H18BrFN2O4. The van der Waals surface area contributed by atoms with Gasteiger partial charge in [0.05, 0.1) is 5.56 Å². The number of rotatable bonds is 5. The molecule has 3 rings (SSSR count). The van der Waals surface area contributed by atoms with Crippen LogP contribution in [0.5, 0.6) is 11.5 Å². The Hall–Kier alpha value is -2.61. The van der Waals surface area contributed by atoms with Crippen molar-refractivity contribution in [3.63, 3.8) is 0 Å². The zero-order valence-corrected chi connectivity index (χ0v) is 16.2. The van der Waals surface area contributed by atoms with Crippen molar-refractivity contribution in [2.45, 2.75) is 6.92 Å². The molecule has 0 spiro atoms. The Bertz CT molecular complexity index is 875. The van der Waals surface area contributed by atoms with Crippen molar-refractivity contribution in [1.82, 2.24) is 4.90 Å². The minimum absolute atomic E-state index is 0.160. The molecule has 1 aliphatic rings. The lowest BCUT2D eigenvalue weighted by Gasteiger charge is -2.22. The van der Waals surface area contributed by atoms with Crippen LogP contribution < -0.4 is 14.8 Å². The molecule has 0 saturated carbocycles. The summed E-state index contributed by atoms with van der Waals surface area (Å²) in [5, 5.41) is 2.73. The summed E-state index contributed by atoms with van der Waals surface area (Å²) in [5.74, 6) is -0.124. The molecule has 8 heteroatoms. The summed E-state index contributed by atoms with van der Waals surface area (Å²) >= 11 is 3.24. The van der Waals surface area contributed by atoms with E-state index in [1.54, 1.807) is 25.1 Å². The highest BCUT2D eigenvalue weighted by molar-refractivity contribution is 9.10. The third kappa shape index (κ3) is 4.57. The van der Waals surface area contributed by atoms with Gasteiger partial charge in [-0.3, -0.25) is 9.59 Å². The van der Waals surface area contributed by atoms with Crippen LogP contribution in [0.3, 0.4) is 0 Å². The third-order valence-corrected chi connectivity index (χ3v) is 4.68. The van der Waals surface area contributed by atoms with Gasteiger partial charge in [-0.25, -0.2) is 4.39 Å². The number of ether oxygens (including phenoxy) is 2. The van der Waals surface area contributed by atoms with Crippen LogP contribution in [0.15, 0.2) is 40.9 Å². The Labute approximate surface area is 164 Å². The molecule has 1 aliphatic heterocycles. The first-order valence-corrected chi connectivity index (χ1v) is 9.21. The fourth-order valence-electron chi connectivity index (χ4n) is 2.65. The molecule has 27 heavy (non-hydrogen) atoms. The predicted octanol–water partition coefficient (Wildman–Crippen LogP) is 3.46. The molecular weight excluding hydrogens is 419 g/mol. The first kappa shape index (κ1) is 19.2. The van der Waals surface area contributed by atoms with Crippen LogP contribution in [0.1, 0.15) is 17.3 Å². The summed E-state index contributed by atoms with van der Waals surface area (Å²) in [7, 11) is 0. The lowest BCUT2D eigenvalue weighted by molar-refractivity contribution is -0.116. The molecule has 142 valence electrons. The van der Waals surface area contributed by atoms with E-state index in [1.807, 2.05) is 0 Å². The largest absolute Gasteiger partial charge is 0.486 e. The van der Waals surface area contributed by atoms with Gasteiger partial charge in [-0.05, 0) is 53.2 Å². The predicted molar refractivity (Wildman–Crippen MR) is 102 cm³/mol. The SMILES string of the molecule is CCN(CC(=O)Nc1ccc2c(c1)OCCO2)C(=O)c1cc(F)ccc1Br. The van der Waals surface area contributed by atoms with Gasteiger partial charge in [0.2, 0.25) is 5.91 Å². The highest BCUT2D eigenvalue weighted by Gasteiger charge is 2.21. The second kappa shape index (κ2) is 8.39. The summed E-state index contributed by atoms with van der Waals surface area (Å²) in [6.45, 7) is 2.83. The number of carbonyl (C=O) groups excluding carboxylic acids is 2. The van der Waals surface area contributed by atoms with Crippen molar-refractivity contribution in [2.24, 2.45) is 0 Å². The lowest BCUT2D eigenvalue weighted by atomic mass is 10.2. The average Bonchev–Trinajstić information content (AvgIpc) is 2.67. The first-order chi connectivity index (χ1) is 13.0. The molecule has 0 atom stereocenters. The van der Waals surface area contributed by atoms with Crippen LogP contribution >= 0.6 is 15.9 Å². The van der Waals surface area contributed by atoms with Gasteiger partial charge in [0.25, 0.3) is 5.91 Å². The van der Waals surface area contributed by atoms with Gasteiger partial charge in [0.1, 0.15) is 25.6 Å². The molecule has 1 N–H and O–H groups in total. The number of nitrogens with one attached hydrogen (secondary N) is 1. The Balaban J connectivity index is 1.68. The molecule has 0 bridgehead atoms. The molecule has 6 nitrogen and oxygen atoms in total. The number of hydrogen-bond donors (Lipinski definition) is 1. The number of benzene rings is 2. The summed E-state index contributed by atoms with van der Waals surface area (Å²) in [4.78, 5) is 26.4. The minimum atomic E-state index is -0.515. The van der Waals surface area contributed by atoms with E-state index in [0.717, 1.165) is 6.07 Å². The van der Waals surface area contributed by atoms with Crippen molar-refractivity contribution in [3.05, 3.63) is 52.3 Å². The van der Waals surface area contributed by atoms with E-state index >= 15 is 0 Å². The van der Waals surface area contributed by atoms with Gasteiger partial charge < -0.3 is 19.7 Å². The zero-order valence-electron chi connectivity index (χ0n) is 14.6. The maximum absolute atomic E-state index is 13.5. The van der Waals surface area contributed by atoms with Crippen molar-refractivity contribution in [1.29, 1.82) is 0 Å². The quantitative estimate of drug-likeness (QED) is 0.778. The van der Waals surface area contributed by atoms with E-state index in [0.29, 0.717) is 41.4 Å². The normalized spacial score (nSPS) is 12.4. The molecule has 0 aliphatic carbocycles. The van der Waals surface area contributed by atoms with E-state index in [4.69, 9.17) is 9.47 Å². The fraction of sp³-hybridized carbons (Fsp3) is 0.263. The van der Waals surface area contributed by atoms with Gasteiger partial charge in [0.15, 0.2) is 11.5 Å². The number of likely N-dealkylation sites (N-methyl/N-ethyl adjacent to an activating group) is 1. The van der Waals surface area contributed by atoms with Gasteiger partial charge in [0, 0.05) is 22.8 Å². The Morgan fingerprint density at radius 2 is 1.89 bits per heavy atom. The maximum Gasteiger partial charge on any atom is 0.255 e.